The SMILES string of the molecule is CC(c1ccc(Cl)c(Cl)c1)C(Cl)C#N. The van der Waals surface area contributed by atoms with E-state index in [1.807, 2.05) is 19.1 Å². The van der Waals surface area contributed by atoms with E-state index in [4.69, 9.17) is 40.1 Å². The fourth-order valence-electron chi connectivity index (χ4n) is 1.08. The molecule has 0 bridgehead atoms. The van der Waals surface area contributed by atoms with Crippen LogP contribution >= 0.6 is 34.8 Å². The van der Waals surface area contributed by atoms with E-state index in [0.29, 0.717) is 10.0 Å². The standard InChI is InChI=1S/C10H8Cl3N/c1-6(10(13)5-14)7-2-3-8(11)9(12)4-7/h2-4,6,10H,1H3. The van der Waals surface area contributed by atoms with Crippen molar-refractivity contribution >= 4 is 34.8 Å². The summed E-state index contributed by atoms with van der Waals surface area (Å²) in [6.45, 7) is 1.88. The fraction of sp³-hybridized carbons (Fsp3) is 0.300. The summed E-state index contributed by atoms with van der Waals surface area (Å²) in [5, 5.41) is 9.09. The van der Waals surface area contributed by atoms with Gasteiger partial charge in [0.15, 0.2) is 0 Å². The molecule has 2 atom stereocenters. The third kappa shape index (κ3) is 2.54. The van der Waals surface area contributed by atoms with Crippen molar-refractivity contribution in [3.05, 3.63) is 33.8 Å². The second-order valence-electron chi connectivity index (χ2n) is 2.99. The van der Waals surface area contributed by atoms with Gasteiger partial charge in [0.25, 0.3) is 0 Å². The maximum Gasteiger partial charge on any atom is 0.127 e. The van der Waals surface area contributed by atoms with Gasteiger partial charge in [-0.25, -0.2) is 0 Å². The summed E-state index contributed by atoms with van der Waals surface area (Å²) >= 11 is 17.4. The van der Waals surface area contributed by atoms with Gasteiger partial charge in [-0.3, -0.25) is 0 Å². The predicted octanol–water partition coefficient (Wildman–Crippen LogP) is 4.23. The molecule has 1 aromatic rings. The minimum absolute atomic E-state index is 0.0589. The third-order valence-electron chi connectivity index (χ3n) is 2.03. The molecule has 0 radical (unpaired) electrons. The lowest BCUT2D eigenvalue weighted by Gasteiger charge is -2.12. The summed E-state index contributed by atoms with van der Waals surface area (Å²) < 4.78 is 0. The summed E-state index contributed by atoms with van der Waals surface area (Å²) in [6.07, 6.45) is 0. The van der Waals surface area contributed by atoms with Crippen molar-refractivity contribution in [2.45, 2.75) is 18.2 Å². The first-order chi connectivity index (χ1) is 6.56. The number of alkyl halides is 1. The van der Waals surface area contributed by atoms with Gasteiger partial charge in [0, 0.05) is 5.92 Å². The lowest BCUT2D eigenvalue weighted by atomic mass is 9.98. The van der Waals surface area contributed by atoms with Crippen LogP contribution in [-0.2, 0) is 0 Å². The Kier molecular flexibility index (Phi) is 4.07. The van der Waals surface area contributed by atoms with Crippen molar-refractivity contribution in [3.63, 3.8) is 0 Å². The Morgan fingerprint density at radius 2 is 1.93 bits per heavy atom. The van der Waals surface area contributed by atoms with Crippen molar-refractivity contribution < 1.29 is 0 Å². The minimum Gasteiger partial charge on any atom is -0.197 e. The first-order valence-electron chi connectivity index (χ1n) is 4.05. The molecule has 0 N–H and O–H groups in total. The summed E-state index contributed by atoms with van der Waals surface area (Å²) in [4.78, 5) is 0. The molecule has 0 spiro atoms. The molecule has 1 rings (SSSR count). The van der Waals surface area contributed by atoms with Crippen molar-refractivity contribution in [2.75, 3.05) is 0 Å². The summed E-state index contributed by atoms with van der Waals surface area (Å²) in [5.41, 5.74) is 0.918. The van der Waals surface area contributed by atoms with Crippen LogP contribution in [0.4, 0.5) is 0 Å². The first kappa shape index (κ1) is 11.7. The highest BCUT2D eigenvalue weighted by Gasteiger charge is 2.16. The fourth-order valence-corrected chi connectivity index (χ4v) is 1.53. The zero-order valence-electron chi connectivity index (χ0n) is 7.47. The van der Waals surface area contributed by atoms with Crippen molar-refractivity contribution in [2.24, 2.45) is 0 Å². The summed E-state index contributed by atoms with van der Waals surface area (Å²) in [7, 11) is 0. The van der Waals surface area contributed by atoms with E-state index >= 15 is 0 Å². The number of benzene rings is 1. The molecule has 74 valence electrons. The molecule has 4 heteroatoms. The van der Waals surface area contributed by atoms with Gasteiger partial charge in [-0.15, -0.1) is 11.6 Å². The van der Waals surface area contributed by atoms with E-state index in [0.717, 1.165) is 5.56 Å². The van der Waals surface area contributed by atoms with E-state index in [1.54, 1.807) is 12.1 Å². The lowest BCUT2D eigenvalue weighted by Crippen LogP contribution is -2.06. The number of hydrogen-bond donors (Lipinski definition) is 0. The molecule has 0 saturated heterocycles. The van der Waals surface area contributed by atoms with Crippen molar-refractivity contribution in [1.82, 2.24) is 0 Å². The molecule has 0 aromatic heterocycles. The van der Waals surface area contributed by atoms with E-state index in [-0.39, 0.29) is 5.92 Å². The number of hydrogen-bond acceptors (Lipinski definition) is 1. The second kappa shape index (κ2) is 4.89. The van der Waals surface area contributed by atoms with Crippen LogP contribution in [0.25, 0.3) is 0 Å². The Hall–Kier alpha value is -0.420. The van der Waals surface area contributed by atoms with Crippen LogP contribution in [0.1, 0.15) is 18.4 Å². The summed E-state index contributed by atoms with van der Waals surface area (Å²) in [5.74, 6) is -0.0589. The highest BCUT2D eigenvalue weighted by atomic mass is 35.5. The van der Waals surface area contributed by atoms with Gasteiger partial charge in [-0.1, -0.05) is 36.2 Å². The third-order valence-corrected chi connectivity index (χ3v) is 3.25. The van der Waals surface area contributed by atoms with E-state index in [9.17, 15) is 0 Å². The van der Waals surface area contributed by atoms with Crippen LogP contribution in [0.3, 0.4) is 0 Å². The van der Waals surface area contributed by atoms with Gasteiger partial charge >= 0.3 is 0 Å². The van der Waals surface area contributed by atoms with Gasteiger partial charge in [0.05, 0.1) is 16.1 Å². The van der Waals surface area contributed by atoms with Gasteiger partial charge in [0.2, 0.25) is 0 Å². The number of halogens is 3. The van der Waals surface area contributed by atoms with Crippen LogP contribution < -0.4 is 0 Å². The van der Waals surface area contributed by atoms with Crippen LogP contribution in [0, 0.1) is 11.3 Å². The zero-order chi connectivity index (χ0) is 10.7. The zero-order valence-corrected chi connectivity index (χ0v) is 9.74. The molecule has 0 aliphatic rings. The van der Waals surface area contributed by atoms with Crippen molar-refractivity contribution in [3.8, 4) is 6.07 Å². The Labute approximate surface area is 98.2 Å². The average molecular weight is 249 g/mol. The highest BCUT2D eigenvalue weighted by Crippen LogP contribution is 2.29. The molecule has 0 aliphatic heterocycles. The van der Waals surface area contributed by atoms with Crippen LogP contribution in [0.2, 0.25) is 10.0 Å². The number of nitrogens with zero attached hydrogens (tertiary/aromatic N) is 1. The van der Waals surface area contributed by atoms with Gasteiger partial charge in [-0.05, 0) is 17.7 Å². The number of nitriles is 1. The van der Waals surface area contributed by atoms with Crippen LogP contribution in [0.5, 0.6) is 0 Å². The molecule has 0 saturated carbocycles. The van der Waals surface area contributed by atoms with E-state index in [1.165, 1.54) is 0 Å². The van der Waals surface area contributed by atoms with Crippen molar-refractivity contribution in [1.29, 1.82) is 5.26 Å². The maximum absolute atomic E-state index is 8.65. The molecule has 0 heterocycles. The number of rotatable bonds is 2. The van der Waals surface area contributed by atoms with Gasteiger partial charge in [0.1, 0.15) is 5.38 Å². The Bertz CT molecular complexity index is 370. The van der Waals surface area contributed by atoms with Gasteiger partial charge in [-0.2, -0.15) is 5.26 Å². The van der Waals surface area contributed by atoms with Gasteiger partial charge < -0.3 is 0 Å². The highest BCUT2D eigenvalue weighted by molar-refractivity contribution is 6.42. The second-order valence-corrected chi connectivity index (χ2v) is 4.28. The largest absolute Gasteiger partial charge is 0.197 e. The Balaban J connectivity index is 2.98. The van der Waals surface area contributed by atoms with Crippen LogP contribution in [-0.4, -0.2) is 5.38 Å². The maximum atomic E-state index is 8.65. The normalized spacial score (nSPS) is 14.5. The molecule has 0 aliphatic carbocycles. The monoisotopic (exact) mass is 247 g/mol. The van der Waals surface area contributed by atoms with E-state index < -0.39 is 5.38 Å². The Morgan fingerprint density at radius 3 is 2.43 bits per heavy atom. The molecule has 2 unspecified atom stereocenters. The predicted molar refractivity (Wildman–Crippen MR) is 60.1 cm³/mol. The molecule has 0 fully saturated rings. The summed E-state index contributed by atoms with van der Waals surface area (Å²) in [6, 6.07) is 7.25. The lowest BCUT2D eigenvalue weighted by molar-refractivity contribution is 0.796. The molecular formula is C10H8Cl3N. The Morgan fingerprint density at radius 1 is 1.29 bits per heavy atom. The molecule has 1 nitrogen and oxygen atoms in total. The van der Waals surface area contributed by atoms with Crippen LogP contribution in [0.15, 0.2) is 18.2 Å². The smallest absolute Gasteiger partial charge is 0.127 e. The minimum atomic E-state index is -0.549. The first-order valence-corrected chi connectivity index (χ1v) is 5.24. The molecule has 1 aromatic carbocycles. The molecular weight excluding hydrogens is 240 g/mol. The molecule has 0 amide bonds. The van der Waals surface area contributed by atoms with E-state index in [2.05, 4.69) is 0 Å². The molecule has 14 heavy (non-hydrogen) atoms. The topological polar surface area (TPSA) is 23.8 Å². The quantitative estimate of drug-likeness (QED) is 0.719. The average Bonchev–Trinajstić information content (AvgIpc) is 2.20.